The molecule has 36 heavy (non-hydrogen) atoms. The summed E-state index contributed by atoms with van der Waals surface area (Å²) in [6, 6.07) is 8.76. The molecule has 1 atom stereocenters. The van der Waals surface area contributed by atoms with Gasteiger partial charge in [-0.05, 0) is 54.8 Å². The molecule has 0 bridgehead atoms. The van der Waals surface area contributed by atoms with Crippen LogP contribution in [0.5, 0.6) is 0 Å². The van der Waals surface area contributed by atoms with Gasteiger partial charge in [0, 0.05) is 27.2 Å². The van der Waals surface area contributed by atoms with E-state index in [1.807, 2.05) is 6.92 Å². The molecule has 1 N–H and O–H groups in total. The Balaban J connectivity index is 2.50. The maximum Gasteiger partial charge on any atom is 0.304 e. The summed E-state index contributed by atoms with van der Waals surface area (Å²) in [4.78, 5) is 28.0. The van der Waals surface area contributed by atoms with Gasteiger partial charge in [0.1, 0.15) is 18.4 Å². The minimum atomic E-state index is -4.13. The van der Waals surface area contributed by atoms with E-state index in [0.29, 0.717) is 30.0 Å². The molecular formula is C24H31Cl2FN4O4S. The fraction of sp³-hybridized carbons (Fsp3) is 0.417. The van der Waals surface area contributed by atoms with Crippen LogP contribution in [0.25, 0.3) is 0 Å². The van der Waals surface area contributed by atoms with Crippen LogP contribution >= 0.6 is 23.2 Å². The summed E-state index contributed by atoms with van der Waals surface area (Å²) in [7, 11) is -1.47. The zero-order valence-electron chi connectivity index (χ0n) is 20.7. The molecule has 0 aromatic heterocycles. The average molecular weight is 562 g/mol. The number of nitrogens with zero attached hydrogens (tertiary/aromatic N) is 3. The third kappa shape index (κ3) is 7.55. The zero-order valence-corrected chi connectivity index (χ0v) is 23.0. The van der Waals surface area contributed by atoms with Gasteiger partial charge in [0.2, 0.25) is 11.8 Å². The number of anilines is 1. The van der Waals surface area contributed by atoms with Crippen molar-refractivity contribution in [1.29, 1.82) is 0 Å². The lowest BCUT2D eigenvalue weighted by molar-refractivity contribution is -0.140. The molecule has 198 valence electrons. The summed E-state index contributed by atoms with van der Waals surface area (Å²) in [5, 5.41) is 3.43. The highest BCUT2D eigenvalue weighted by molar-refractivity contribution is 7.90. The predicted molar refractivity (Wildman–Crippen MR) is 141 cm³/mol. The number of nitrogens with one attached hydrogen (secondary N) is 1. The van der Waals surface area contributed by atoms with Gasteiger partial charge < -0.3 is 10.2 Å². The Morgan fingerprint density at radius 1 is 1.03 bits per heavy atom. The van der Waals surface area contributed by atoms with E-state index in [0.717, 1.165) is 20.7 Å². The van der Waals surface area contributed by atoms with Gasteiger partial charge in [-0.25, -0.2) is 8.70 Å². The summed E-state index contributed by atoms with van der Waals surface area (Å²) in [6.45, 7) is 3.49. The highest BCUT2D eigenvalue weighted by atomic mass is 35.5. The predicted octanol–water partition coefficient (Wildman–Crippen LogP) is 4.08. The Bertz CT molecular complexity index is 1160. The van der Waals surface area contributed by atoms with Crippen molar-refractivity contribution in [3.8, 4) is 0 Å². The molecule has 2 amide bonds. The van der Waals surface area contributed by atoms with E-state index >= 15 is 0 Å². The Morgan fingerprint density at radius 3 is 2.19 bits per heavy atom. The van der Waals surface area contributed by atoms with Crippen LogP contribution in [0.1, 0.15) is 32.3 Å². The minimum absolute atomic E-state index is 0.00690. The van der Waals surface area contributed by atoms with Gasteiger partial charge in [0.15, 0.2) is 0 Å². The number of rotatable bonds is 12. The second kappa shape index (κ2) is 13.2. The summed E-state index contributed by atoms with van der Waals surface area (Å²) in [5.41, 5.74) is 0.722. The molecule has 0 unspecified atom stereocenters. The van der Waals surface area contributed by atoms with Crippen LogP contribution < -0.4 is 9.62 Å². The molecule has 2 aromatic carbocycles. The minimum Gasteiger partial charge on any atom is -0.354 e. The van der Waals surface area contributed by atoms with Crippen LogP contribution in [0.15, 0.2) is 42.5 Å². The first kappa shape index (κ1) is 29.8. The van der Waals surface area contributed by atoms with Crippen LogP contribution in [-0.4, -0.2) is 62.7 Å². The van der Waals surface area contributed by atoms with Gasteiger partial charge in [-0.3, -0.25) is 9.59 Å². The number of carbonyl (C=O) groups excluding carboxylic acids is 2. The van der Waals surface area contributed by atoms with E-state index in [4.69, 9.17) is 23.2 Å². The maximum atomic E-state index is 13.7. The van der Waals surface area contributed by atoms with Crippen molar-refractivity contribution < 1.29 is 22.4 Å². The Hall–Kier alpha value is -2.40. The molecule has 0 saturated heterocycles. The van der Waals surface area contributed by atoms with E-state index < -0.39 is 34.5 Å². The van der Waals surface area contributed by atoms with Gasteiger partial charge in [-0.15, -0.1) is 0 Å². The molecule has 0 aliphatic heterocycles. The topological polar surface area (TPSA) is 90.0 Å². The first-order chi connectivity index (χ1) is 16.9. The molecule has 0 aliphatic carbocycles. The zero-order chi connectivity index (χ0) is 27.0. The number of benzene rings is 2. The monoisotopic (exact) mass is 560 g/mol. The molecule has 0 aliphatic rings. The first-order valence-electron chi connectivity index (χ1n) is 11.4. The van der Waals surface area contributed by atoms with E-state index in [1.54, 1.807) is 25.1 Å². The normalized spacial score (nSPS) is 12.3. The van der Waals surface area contributed by atoms with E-state index in [2.05, 4.69) is 5.32 Å². The van der Waals surface area contributed by atoms with Crippen LogP contribution in [0.4, 0.5) is 10.1 Å². The number of carbonyl (C=O) groups is 2. The van der Waals surface area contributed by atoms with Crippen molar-refractivity contribution in [3.63, 3.8) is 0 Å². The molecule has 0 spiro atoms. The summed E-state index contributed by atoms with van der Waals surface area (Å²) in [6.07, 6.45) is 1.00. The highest BCUT2D eigenvalue weighted by Crippen LogP contribution is 2.25. The Labute approximate surface area is 222 Å². The van der Waals surface area contributed by atoms with Gasteiger partial charge in [-0.1, -0.05) is 43.1 Å². The molecule has 0 saturated carbocycles. The molecule has 0 fully saturated rings. The van der Waals surface area contributed by atoms with Gasteiger partial charge in [0.25, 0.3) is 0 Å². The number of hydrogen-bond acceptors (Lipinski definition) is 4. The molecule has 8 nitrogen and oxygen atoms in total. The van der Waals surface area contributed by atoms with E-state index in [1.165, 1.54) is 31.1 Å². The molecule has 12 heteroatoms. The summed E-state index contributed by atoms with van der Waals surface area (Å²) >= 11 is 12.2. The number of amides is 2. The van der Waals surface area contributed by atoms with Gasteiger partial charge in [-0.2, -0.15) is 12.7 Å². The third-order valence-electron chi connectivity index (χ3n) is 5.41. The number of halogens is 3. The fourth-order valence-electron chi connectivity index (χ4n) is 3.44. The standard InChI is InChI=1S/C24H31Cl2FN4O4S/c1-5-13-28-24(33)22(6-2)30(15-17-7-12-20(25)21(26)14-17)23(32)16-31(36(34,35)29(3)4)19-10-8-18(27)9-11-19/h7-12,14,22H,5-6,13,15-16H2,1-4H3,(H,28,33)/t22-/m0/s1. The third-order valence-corrected chi connectivity index (χ3v) is 7.96. The number of hydrogen-bond donors (Lipinski definition) is 1. The summed E-state index contributed by atoms with van der Waals surface area (Å²) < 4.78 is 41.6. The van der Waals surface area contributed by atoms with Crippen molar-refractivity contribution in [2.75, 3.05) is 31.5 Å². The summed E-state index contributed by atoms with van der Waals surface area (Å²) in [5.74, 6) is -1.52. The maximum absolute atomic E-state index is 13.7. The first-order valence-corrected chi connectivity index (χ1v) is 13.5. The Morgan fingerprint density at radius 2 is 1.67 bits per heavy atom. The van der Waals surface area contributed by atoms with Crippen molar-refractivity contribution in [2.24, 2.45) is 0 Å². The van der Waals surface area contributed by atoms with Crippen molar-refractivity contribution in [3.05, 3.63) is 63.9 Å². The van der Waals surface area contributed by atoms with Crippen LogP contribution in [0.2, 0.25) is 10.0 Å². The van der Waals surface area contributed by atoms with Crippen molar-refractivity contribution in [2.45, 2.75) is 39.3 Å². The lowest BCUT2D eigenvalue weighted by Gasteiger charge is -2.34. The quantitative estimate of drug-likeness (QED) is 0.423. The molecular weight excluding hydrogens is 530 g/mol. The highest BCUT2D eigenvalue weighted by Gasteiger charge is 2.33. The smallest absolute Gasteiger partial charge is 0.304 e. The van der Waals surface area contributed by atoms with Crippen LogP contribution in [-0.2, 0) is 26.3 Å². The average Bonchev–Trinajstić information content (AvgIpc) is 2.83. The Kier molecular flexibility index (Phi) is 11.0. The second-order valence-electron chi connectivity index (χ2n) is 8.26. The van der Waals surface area contributed by atoms with Crippen LogP contribution in [0, 0.1) is 5.82 Å². The lowest BCUT2D eigenvalue weighted by Crippen LogP contribution is -2.53. The van der Waals surface area contributed by atoms with Gasteiger partial charge >= 0.3 is 10.2 Å². The lowest BCUT2D eigenvalue weighted by atomic mass is 10.1. The molecule has 2 aromatic rings. The molecule has 2 rings (SSSR count). The van der Waals surface area contributed by atoms with Gasteiger partial charge in [0.05, 0.1) is 15.7 Å². The van der Waals surface area contributed by atoms with Crippen molar-refractivity contribution >= 4 is 50.9 Å². The van der Waals surface area contributed by atoms with Crippen LogP contribution in [0.3, 0.4) is 0 Å². The molecule has 0 heterocycles. The largest absolute Gasteiger partial charge is 0.354 e. The molecule has 0 radical (unpaired) electrons. The SMILES string of the molecule is CCCNC(=O)[C@H](CC)N(Cc1ccc(Cl)c(Cl)c1)C(=O)CN(c1ccc(F)cc1)S(=O)(=O)N(C)C. The fourth-order valence-corrected chi connectivity index (χ4v) is 4.82. The van der Waals surface area contributed by atoms with E-state index in [-0.39, 0.29) is 23.2 Å². The second-order valence-corrected chi connectivity index (χ2v) is 11.1. The van der Waals surface area contributed by atoms with Crippen molar-refractivity contribution in [1.82, 2.24) is 14.5 Å². The van der Waals surface area contributed by atoms with E-state index in [9.17, 15) is 22.4 Å².